The van der Waals surface area contributed by atoms with Crippen molar-refractivity contribution in [3.63, 3.8) is 0 Å². The normalized spacial score (nSPS) is 18.9. The van der Waals surface area contributed by atoms with Crippen molar-refractivity contribution in [2.24, 2.45) is 5.73 Å². The number of carbonyl (C=O) groups excluding carboxylic acids is 1. The van der Waals surface area contributed by atoms with Gasteiger partial charge in [0.2, 0.25) is 0 Å². The first-order valence-electron chi connectivity index (χ1n) is 4.03. The van der Waals surface area contributed by atoms with Crippen molar-refractivity contribution in [3.8, 4) is 5.75 Å². The van der Waals surface area contributed by atoms with Crippen LogP contribution in [0.3, 0.4) is 0 Å². The summed E-state index contributed by atoms with van der Waals surface area (Å²) in [6.45, 7) is 0. The van der Waals surface area contributed by atoms with Gasteiger partial charge in [-0.1, -0.05) is 23.2 Å². The van der Waals surface area contributed by atoms with Gasteiger partial charge in [-0.25, -0.2) is 0 Å². The highest BCUT2D eigenvalue weighted by Crippen LogP contribution is 2.39. The lowest BCUT2D eigenvalue weighted by Crippen LogP contribution is -2.25. The number of benzene rings is 1. The lowest BCUT2D eigenvalue weighted by molar-refractivity contribution is -0.135. The van der Waals surface area contributed by atoms with Crippen LogP contribution in [0.25, 0.3) is 0 Å². The topological polar surface area (TPSA) is 52.3 Å². The van der Waals surface area contributed by atoms with Crippen molar-refractivity contribution in [1.29, 1.82) is 0 Å². The summed E-state index contributed by atoms with van der Waals surface area (Å²) in [5.74, 6) is -0.0333. The van der Waals surface area contributed by atoms with Crippen molar-refractivity contribution >= 4 is 41.6 Å². The Kier molecular flexibility index (Phi) is 3.84. The van der Waals surface area contributed by atoms with Crippen LogP contribution in [0.2, 0.25) is 10.0 Å². The van der Waals surface area contributed by atoms with Gasteiger partial charge in [-0.15, -0.1) is 12.4 Å². The Morgan fingerprint density at radius 3 is 2.73 bits per heavy atom. The Balaban J connectivity index is 0.00000112. The summed E-state index contributed by atoms with van der Waals surface area (Å²) in [4.78, 5) is 11.1. The summed E-state index contributed by atoms with van der Waals surface area (Å²) in [6.07, 6.45) is 0.156. The molecule has 1 aliphatic heterocycles. The molecular weight excluding hydrogens is 260 g/mol. The number of nitrogens with two attached hydrogens (primary N) is 1. The quantitative estimate of drug-likeness (QED) is 0.581. The first kappa shape index (κ1) is 12.6. The Morgan fingerprint density at radius 2 is 2.07 bits per heavy atom. The molecule has 0 bridgehead atoms. The zero-order chi connectivity index (χ0) is 10.3. The molecule has 1 atom stereocenters. The van der Waals surface area contributed by atoms with Crippen molar-refractivity contribution < 1.29 is 9.53 Å². The van der Waals surface area contributed by atoms with Gasteiger partial charge in [0.1, 0.15) is 0 Å². The number of hydrogen-bond donors (Lipinski definition) is 1. The second-order valence-corrected chi connectivity index (χ2v) is 3.93. The molecule has 1 aromatic carbocycles. The van der Waals surface area contributed by atoms with Crippen LogP contribution >= 0.6 is 35.6 Å². The molecule has 0 radical (unpaired) electrons. The highest BCUT2D eigenvalue weighted by Gasteiger charge is 2.26. The molecule has 1 aliphatic rings. The number of halogens is 3. The summed E-state index contributed by atoms with van der Waals surface area (Å²) < 4.78 is 4.98. The van der Waals surface area contributed by atoms with E-state index in [1.807, 2.05) is 0 Å². The molecule has 3 nitrogen and oxygen atoms in total. The molecule has 0 saturated heterocycles. The van der Waals surface area contributed by atoms with Crippen LogP contribution in [0.5, 0.6) is 5.75 Å². The Bertz CT molecular complexity index is 409. The van der Waals surface area contributed by atoms with E-state index >= 15 is 0 Å². The third kappa shape index (κ3) is 2.37. The fourth-order valence-electron chi connectivity index (χ4n) is 1.41. The maximum atomic E-state index is 11.1. The molecule has 15 heavy (non-hydrogen) atoms. The zero-order valence-corrected chi connectivity index (χ0v) is 9.83. The summed E-state index contributed by atoms with van der Waals surface area (Å²) in [7, 11) is 0. The minimum absolute atomic E-state index is 0. The summed E-state index contributed by atoms with van der Waals surface area (Å²) in [5.41, 5.74) is 6.44. The van der Waals surface area contributed by atoms with Gasteiger partial charge >= 0.3 is 5.97 Å². The number of ether oxygens (including phenoxy) is 1. The largest absolute Gasteiger partial charge is 0.425 e. The molecule has 1 heterocycles. The number of hydrogen-bond acceptors (Lipinski definition) is 3. The van der Waals surface area contributed by atoms with E-state index in [9.17, 15) is 4.79 Å². The van der Waals surface area contributed by atoms with Crippen molar-refractivity contribution in [3.05, 3.63) is 27.7 Å². The van der Waals surface area contributed by atoms with Crippen molar-refractivity contribution in [2.45, 2.75) is 12.5 Å². The predicted octanol–water partition coefficient (Wildman–Crippen LogP) is 2.72. The molecule has 0 aliphatic carbocycles. The summed E-state index contributed by atoms with van der Waals surface area (Å²) in [5, 5.41) is 0.804. The van der Waals surface area contributed by atoms with Gasteiger partial charge in [0.25, 0.3) is 0 Å². The van der Waals surface area contributed by atoms with Gasteiger partial charge in [0, 0.05) is 16.6 Å². The first-order valence-corrected chi connectivity index (χ1v) is 4.78. The number of carbonyl (C=O) groups is 1. The maximum Gasteiger partial charge on any atom is 0.313 e. The SMILES string of the molecule is Cl.NC1CC(=O)Oc2c(Cl)cc(Cl)cc21. The summed E-state index contributed by atoms with van der Waals surface area (Å²) >= 11 is 11.7. The molecule has 82 valence electrons. The lowest BCUT2D eigenvalue weighted by atomic mass is 10.0. The van der Waals surface area contributed by atoms with Crippen LogP contribution in [0.4, 0.5) is 0 Å². The van der Waals surface area contributed by atoms with Gasteiger partial charge in [-0.3, -0.25) is 4.79 Å². The van der Waals surface area contributed by atoms with Gasteiger partial charge in [-0.2, -0.15) is 0 Å². The highest BCUT2D eigenvalue weighted by molar-refractivity contribution is 6.35. The second-order valence-electron chi connectivity index (χ2n) is 3.09. The van der Waals surface area contributed by atoms with E-state index in [0.29, 0.717) is 21.4 Å². The average Bonchev–Trinajstić information content (AvgIpc) is 2.07. The van der Waals surface area contributed by atoms with Crippen LogP contribution in [0, 0.1) is 0 Å². The Morgan fingerprint density at radius 1 is 1.40 bits per heavy atom. The highest BCUT2D eigenvalue weighted by atomic mass is 35.5. The molecule has 0 amide bonds. The fourth-order valence-corrected chi connectivity index (χ4v) is 1.96. The maximum absolute atomic E-state index is 11.1. The number of fused-ring (bicyclic) bond motifs is 1. The van der Waals surface area contributed by atoms with Crippen LogP contribution in [0.1, 0.15) is 18.0 Å². The number of rotatable bonds is 0. The Hall–Kier alpha value is -0.480. The van der Waals surface area contributed by atoms with E-state index < -0.39 is 0 Å². The van der Waals surface area contributed by atoms with Crippen molar-refractivity contribution in [1.82, 2.24) is 0 Å². The molecule has 2 rings (SSSR count). The molecule has 0 spiro atoms. The molecule has 0 fully saturated rings. The van der Waals surface area contributed by atoms with E-state index in [2.05, 4.69) is 0 Å². The molecule has 1 unspecified atom stereocenters. The second kappa shape index (κ2) is 4.58. The van der Waals surface area contributed by atoms with E-state index in [4.69, 9.17) is 33.7 Å². The molecular formula is C9H8Cl3NO2. The van der Waals surface area contributed by atoms with Gasteiger partial charge in [0.15, 0.2) is 5.75 Å². The lowest BCUT2D eigenvalue weighted by Gasteiger charge is -2.22. The fraction of sp³-hybridized carbons (Fsp3) is 0.222. The molecule has 0 saturated carbocycles. The van der Waals surface area contributed by atoms with Crippen LogP contribution in [0.15, 0.2) is 12.1 Å². The van der Waals surface area contributed by atoms with Gasteiger partial charge < -0.3 is 10.5 Å². The zero-order valence-electron chi connectivity index (χ0n) is 7.50. The first-order chi connectivity index (χ1) is 6.58. The molecule has 6 heteroatoms. The van der Waals surface area contributed by atoms with Crippen LogP contribution < -0.4 is 10.5 Å². The van der Waals surface area contributed by atoms with E-state index in [1.165, 1.54) is 6.07 Å². The average molecular weight is 269 g/mol. The molecule has 0 aromatic heterocycles. The standard InChI is InChI=1S/C9H7Cl2NO2.ClH/c10-4-1-5-7(12)3-8(13)14-9(5)6(11)2-4;/h1-2,7H,3,12H2;1H. The predicted molar refractivity (Wildman–Crippen MR) is 60.9 cm³/mol. The van der Waals surface area contributed by atoms with E-state index in [-0.39, 0.29) is 30.8 Å². The molecule has 1 aromatic rings. The van der Waals surface area contributed by atoms with Crippen LogP contribution in [-0.2, 0) is 4.79 Å². The van der Waals surface area contributed by atoms with Gasteiger partial charge in [-0.05, 0) is 12.1 Å². The Labute approximate surface area is 103 Å². The monoisotopic (exact) mass is 267 g/mol. The van der Waals surface area contributed by atoms with E-state index in [0.717, 1.165) is 0 Å². The molecule has 2 N–H and O–H groups in total. The number of esters is 1. The minimum Gasteiger partial charge on any atom is -0.425 e. The third-order valence-electron chi connectivity index (χ3n) is 2.04. The van der Waals surface area contributed by atoms with E-state index in [1.54, 1.807) is 6.07 Å². The summed E-state index contributed by atoms with van der Waals surface area (Å²) in [6, 6.07) is 2.80. The van der Waals surface area contributed by atoms with Crippen molar-refractivity contribution in [2.75, 3.05) is 0 Å². The van der Waals surface area contributed by atoms with Gasteiger partial charge in [0.05, 0.1) is 11.4 Å². The minimum atomic E-state index is -0.387. The smallest absolute Gasteiger partial charge is 0.313 e. The van der Waals surface area contributed by atoms with Crippen LogP contribution in [-0.4, -0.2) is 5.97 Å². The third-order valence-corrected chi connectivity index (χ3v) is 2.54.